The van der Waals surface area contributed by atoms with Crippen LogP contribution in [0.15, 0.2) is 42.6 Å². The summed E-state index contributed by atoms with van der Waals surface area (Å²) in [6, 6.07) is 10.9. The zero-order valence-electron chi connectivity index (χ0n) is 11.5. The smallest absolute Gasteiger partial charge is 0.269 e. The molecule has 1 aromatic heterocycles. The Kier molecular flexibility index (Phi) is 4.53. The van der Waals surface area contributed by atoms with Gasteiger partial charge < -0.3 is 10.3 Å². The molecule has 0 spiro atoms. The lowest BCUT2D eigenvalue weighted by Crippen LogP contribution is -2.23. The van der Waals surface area contributed by atoms with E-state index in [0.29, 0.717) is 6.54 Å². The molecule has 0 bridgehead atoms. The van der Waals surface area contributed by atoms with E-state index < -0.39 is 0 Å². The van der Waals surface area contributed by atoms with E-state index in [1.165, 1.54) is 17.8 Å². The molecule has 0 aliphatic rings. The van der Waals surface area contributed by atoms with Crippen LogP contribution in [-0.4, -0.2) is 15.5 Å². The monoisotopic (exact) mass is 273 g/mol. The lowest BCUT2D eigenvalue weighted by atomic mass is 10.1. The first-order chi connectivity index (χ1) is 9.60. The Morgan fingerprint density at radius 1 is 1.30 bits per heavy atom. The van der Waals surface area contributed by atoms with Gasteiger partial charge in [-0.1, -0.05) is 19.1 Å². The van der Waals surface area contributed by atoms with Crippen molar-refractivity contribution < 1.29 is 4.92 Å². The minimum atomic E-state index is -0.384. The van der Waals surface area contributed by atoms with Crippen molar-refractivity contribution in [3.8, 4) is 0 Å². The van der Waals surface area contributed by atoms with Crippen LogP contribution in [0.1, 0.15) is 24.6 Å². The molecule has 106 valence electrons. The first kappa shape index (κ1) is 14.3. The van der Waals surface area contributed by atoms with Crippen LogP contribution in [0.4, 0.5) is 5.69 Å². The second-order valence-electron chi connectivity index (χ2n) is 4.92. The van der Waals surface area contributed by atoms with Gasteiger partial charge in [0.25, 0.3) is 5.69 Å². The maximum absolute atomic E-state index is 10.6. The van der Waals surface area contributed by atoms with Crippen molar-refractivity contribution in [1.82, 2.24) is 4.57 Å². The molecule has 1 atom stereocenters. The maximum Gasteiger partial charge on any atom is 0.269 e. The summed E-state index contributed by atoms with van der Waals surface area (Å²) < 4.78 is 2.14. The fourth-order valence-electron chi connectivity index (χ4n) is 2.12. The number of non-ortho nitro benzene ring substituents is 1. The molecule has 0 radical (unpaired) electrons. The van der Waals surface area contributed by atoms with Gasteiger partial charge in [0, 0.05) is 43.0 Å². The van der Waals surface area contributed by atoms with Crippen LogP contribution in [0.3, 0.4) is 0 Å². The number of hydrogen-bond acceptors (Lipinski definition) is 3. The fourth-order valence-corrected chi connectivity index (χ4v) is 2.12. The van der Waals surface area contributed by atoms with Crippen molar-refractivity contribution in [2.75, 3.05) is 0 Å². The quantitative estimate of drug-likeness (QED) is 0.649. The van der Waals surface area contributed by atoms with Gasteiger partial charge in [-0.25, -0.2) is 0 Å². The van der Waals surface area contributed by atoms with Crippen molar-refractivity contribution in [1.29, 1.82) is 0 Å². The summed E-state index contributed by atoms with van der Waals surface area (Å²) in [7, 11) is 0. The minimum Gasteiger partial charge on any atom is -0.347 e. The van der Waals surface area contributed by atoms with E-state index >= 15 is 0 Å². The molecule has 20 heavy (non-hydrogen) atoms. The zero-order valence-corrected chi connectivity index (χ0v) is 11.5. The molecule has 0 aliphatic carbocycles. The lowest BCUT2D eigenvalue weighted by Gasteiger charge is -2.13. The average molecular weight is 273 g/mol. The number of aromatic nitrogens is 1. The van der Waals surface area contributed by atoms with Gasteiger partial charge in [-0.15, -0.1) is 0 Å². The van der Waals surface area contributed by atoms with Crippen molar-refractivity contribution in [2.24, 2.45) is 5.73 Å². The number of nitrogens with zero attached hydrogens (tertiary/aromatic N) is 2. The molecule has 2 N–H and O–H groups in total. The van der Waals surface area contributed by atoms with Gasteiger partial charge in [0.05, 0.1) is 4.92 Å². The van der Waals surface area contributed by atoms with Crippen molar-refractivity contribution in [2.45, 2.75) is 32.4 Å². The molecule has 1 unspecified atom stereocenters. The van der Waals surface area contributed by atoms with E-state index in [2.05, 4.69) is 17.6 Å². The van der Waals surface area contributed by atoms with Crippen LogP contribution in [-0.2, 0) is 13.0 Å². The predicted octanol–water partition coefficient (Wildman–Crippen LogP) is 2.72. The first-order valence-electron chi connectivity index (χ1n) is 6.73. The molecule has 0 fully saturated rings. The Bertz CT molecular complexity index is 575. The summed E-state index contributed by atoms with van der Waals surface area (Å²) in [5.41, 5.74) is 8.34. The molecule has 5 heteroatoms. The van der Waals surface area contributed by atoms with E-state index in [-0.39, 0.29) is 16.7 Å². The van der Waals surface area contributed by atoms with Crippen LogP contribution in [0.5, 0.6) is 0 Å². The molecule has 0 aliphatic heterocycles. The number of nitrogens with two attached hydrogens (primary N) is 1. The molecule has 0 saturated heterocycles. The molecule has 1 aromatic carbocycles. The lowest BCUT2D eigenvalue weighted by molar-refractivity contribution is -0.384. The topological polar surface area (TPSA) is 74.1 Å². The third-order valence-electron chi connectivity index (χ3n) is 3.42. The summed E-state index contributed by atoms with van der Waals surface area (Å²) >= 11 is 0. The number of benzene rings is 1. The minimum absolute atomic E-state index is 0.120. The normalized spacial score (nSPS) is 12.3. The third-order valence-corrected chi connectivity index (χ3v) is 3.42. The number of nitro groups is 1. The van der Waals surface area contributed by atoms with Gasteiger partial charge in [-0.2, -0.15) is 0 Å². The highest BCUT2D eigenvalue weighted by Gasteiger charge is 2.08. The zero-order chi connectivity index (χ0) is 14.5. The van der Waals surface area contributed by atoms with Crippen molar-refractivity contribution >= 4 is 5.69 Å². The van der Waals surface area contributed by atoms with Crippen LogP contribution >= 0.6 is 0 Å². The first-order valence-corrected chi connectivity index (χ1v) is 6.73. The van der Waals surface area contributed by atoms with E-state index in [0.717, 1.165) is 18.4 Å². The summed E-state index contributed by atoms with van der Waals surface area (Å²) in [6.07, 6.45) is 3.80. The highest BCUT2D eigenvalue weighted by Crippen LogP contribution is 2.15. The number of nitro benzene ring substituents is 1. The van der Waals surface area contributed by atoms with Crippen LogP contribution in [0.25, 0.3) is 0 Å². The molecular formula is C15H19N3O2. The van der Waals surface area contributed by atoms with E-state index in [1.54, 1.807) is 12.1 Å². The Balaban J connectivity index is 2.10. The molecule has 1 heterocycles. The average Bonchev–Trinajstić information content (AvgIpc) is 2.86. The van der Waals surface area contributed by atoms with Crippen LogP contribution in [0.2, 0.25) is 0 Å². The number of rotatable bonds is 6. The Morgan fingerprint density at radius 3 is 2.60 bits per heavy atom. The maximum atomic E-state index is 10.6. The summed E-state index contributed by atoms with van der Waals surface area (Å²) in [6.45, 7) is 2.78. The molecular weight excluding hydrogens is 254 g/mol. The van der Waals surface area contributed by atoms with Crippen molar-refractivity contribution in [3.05, 3.63) is 64.0 Å². The number of hydrogen-bond donors (Lipinski definition) is 1. The Morgan fingerprint density at radius 2 is 2.00 bits per heavy atom. The van der Waals surface area contributed by atoms with E-state index in [4.69, 9.17) is 5.73 Å². The van der Waals surface area contributed by atoms with Crippen LogP contribution in [0, 0.1) is 10.1 Å². The fraction of sp³-hybridized carbons (Fsp3) is 0.333. The van der Waals surface area contributed by atoms with E-state index in [1.807, 2.05) is 12.3 Å². The molecule has 2 aromatic rings. The Hall–Kier alpha value is -2.14. The largest absolute Gasteiger partial charge is 0.347 e. The molecule has 2 rings (SSSR count). The van der Waals surface area contributed by atoms with E-state index in [9.17, 15) is 10.1 Å². The summed E-state index contributed by atoms with van der Waals surface area (Å²) in [5, 5.41) is 10.6. The Labute approximate surface area is 118 Å². The molecule has 0 amide bonds. The highest BCUT2D eigenvalue weighted by atomic mass is 16.6. The van der Waals surface area contributed by atoms with Gasteiger partial charge in [0.2, 0.25) is 0 Å². The second-order valence-corrected chi connectivity index (χ2v) is 4.92. The standard InChI is InChI=1S/C15H19N3O2/c1-2-13(16)10-15-4-3-9-17(15)11-12-5-7-14(8-6-12)18(19)20/h3-9,13H,2,10-11,16H2,1H3. The third kappa shape index (κ3) is 3.45. The highest BCUT2D eigenvalue weighted by molar-refractivity contribution is 5.33. The molecule has 5 nitrogen and oxygen atoms in total. The summed E-state index contributed by atoms with van der Waals surface area (Å²) in [5.74, 6) is 0. The second kappa shape index (κ2) is 6.34. The predicted molar refractivity (Wildman–Crippen MR) is 78.6 cm³/mol. The van der Waals surface area contributed by atoms with Crippen molar-refractivity contribution in [3.63, 3.8) is 0 Å². The van der Waals surface area contributed by atoms with Gasteiger partial charge in [0.1, 0.15) is 0 Å². The van der Waals surface area contributed by atoms with Gasteiger partial charge in [-0.05, 0) is 24.1 Å². The summed E-state index contributed by atoms with van der Waals surface area (Å²) in [4.78, 5) is 10.2. The SMILES string of the molecule is CCC(N)Cc1cccn1Cc1ccc([N+](=O)[O-])cc1. The van der Waals surface area contributed by atoms with Gasteiger partial charge >= 0.3 is 0 Å². The van der Waals surface area contributed by atoms with Gasteiger partial charge in [-0.3, -0.25) is 10.1 Å². The van der Waals surface area contributed by atoms with Crippen LogP contribution < -0.4 is 5.73 Å². The van der Waals surface area contributed by atoms with Gasteiger partial charge in [0.15, 0.2) is 0 Å². The molecule has 0 saturated carbocycles.